The summed E-state index contributed by atoms with van der Waals surface area (Å²) in [6, 6.07) is 0. The predicted molar refractivity (Wildman–Crippen MR) is 50.6 cm³/mol. The third kappa shape index (κ3) is 2.21. The minimum Gasteiger partial charge on any atom is -0.0654 e. The van der Waals surface area contributed by atoms with E-state index >= 15 is 0 Å². The molecule has 0 heteroatoms. The van der Waals surface area contributed by atoms with Crippen molar-refractivity contribution in [2.75, 3.05) is 0 Å². The standard InChI is InChI=1S/C11H22/c1-5-6-9(2)10-7-11(3,4)8-10/h9-10H,5-8H2,1-4H3. The summed E-state index contributed by atoms with van der Waals surface area (Å²) in [6.07, 6.45) is 5.72. The Balaban J connectivity index is 2.21. The molecule has 0 aromatic heterocycles. The Morgan fingerprint density at radius 1 is 1.36 bits per heavy atom. The summed E-state index contributed by atoms with van der Waals surface area (Å²) in [4.78, 5) is 0. The van der Waals surface area contributed by atoms with E-state index in [1.165, 1.54) is 25.7 Å². The van der Waals surface area contributed by atoms with Gasteiger partial charge in [-0.25, -0.2) is 0 Å². The first-order chi connectivity index (χ1) is 5.05. The van der Waals surface area contributed by atoms with Gasteiger partial charge in [0.15, 0.2) is 0 Å². The van der Waals surface area contributed by atoms with E-state index in [0.717, 1.165) is 11.8 Å². The van der Waals surface area contributed by atoms with Crippen molar-refractivity contribution < 1.29 is 0 Å². The molecular weight excluding hydrogens is 132 g/mol. The van der Waals surface area contributed by atoms with Crippen LogP contribution < -0.4 is 0 Å². The highest BCUT2D eigenvalue weighted by Crippen LogP contribution is 2.48. The van der Waals surface area contributed by atoms with Crippen LogP contribution in [-0.4, -0.2) is 0 Å². The molecule has 1 aliphatic rings. The summed E-state index contributed by atoms with van der Waals surface area (Å²) >= 11 is 0. The van der Waals surface area contributed by atoms with Crippen LogP contribution in [0.4, 0.5) is 0 Å². The van der Waals surface area contributed by atoms with Crippen LogP contribution in [0.1, 0.15) is 53.4 Å². The lowest BCUT2D eigenvalue weighted by Crippen LogP contribution is -2.35. The van der Waals surface area contributed by atoms with Gasteiger partial charge in [0.05, 0.1) is 0 Å². The van der Waals surface area contributed by atoms with Gasteiger partial charge in [-0.1, -0.05) is 40.5 Å². The molecule has 1 saturated carbocycles. The second-order valence-electron chi connectivity index (χ2n) is 5.10. The van der Waals surface area contributed by atoms with E-state index in [4.69, 9.17) is 0 Å². The van der Waals surface area contributed by atoms with Crippen LogP contribution in [-0.2, 0) is 0 Å². The highest BCUT2D eigenvalue weighted by Gasteiger charge is 2.38. The molecule has 1 aliphatic carbocycles. The summed E-state index contributed by atoms with van der Waals surface area (Å²) < 4.78 is 0. The van der Waals surface area contributed by atoms with E-state index in [2.05, 4.69) is 27.7 Å². The molecule has 0 bridgehead atoms. The van der Waals surface area contributed by atoms with Gasteiger partial charge in [0.1, 0.15) is 0 Å². The van der Waals surface area contributed by atoms with Gasteiger partial charge in [-0.3, -0.25) is 0 Å². The van der Waals surface area contributed by atoms with Crippen LogP contribution in [0.5, 0.6) is 0 Å². The molecule has 1 rings (SSSR count). The van der Waals surface area contributed by atoms with Crippen molar-refractivity contribution in [3.05, 3.63) is 0 Å². The third-order valence-corrected chi connectivity index (χ3v) is 3.18. The monoisotopic (exact) mass is 154 g/mol. The first-order valence-electron chi connectivity index (χ1n) is 5.05. The molecule has 0 nitrogen and oxygen atoms in total. The molecule has 0 saturated heterocycles. The fourth-order valence-electron chi connectivity index (χ4n) is 2.45. The maximum Gasteiger partial charge on any atom is -0.0349 e. The lowest BCUT2D eigenvalue weighted by atomic mass is 9.60. The van der Waals surface area contributed by atoms with Gasteiger partial charge < -0.3 is 0 Å². The minimum atomic E-state index is 0.673. The zero-order valence-electron chi connectivity index (χ0n) is 8.48. The highest BCUT2D eigenvalue weighted by molar-refractivity contribution is 4.88. The molecule has 66 valence electrons. The first-order valence-corrected chi connectivity index (χ1v) is 5.05. The van der Waals surface area contributed by atoms with Gasteiger partial charge in [-0.05, 0) is 30.1 Å². The van der Waals surface area contributed by atoms with Crippen molar-refractivity contribution in [2.45, 2.75) is 53.4 Å². The Morgan fingerprint density at radius 3 is 2.27 bits per heavy atom. The molecule has 0 heterocycles. The normalized spacial score (nSPS) is 26.2. The summed E-state index contributed by atoms with van der Waals surface area (Å²) in [5.41, 5.74) is 0.673. The molecule has 0 amide bonds. The second kappa shape index (κ2) is 3.16. The van der Waals surface area contributed by atoms with E-state index in [9.17, 15) is 0 Å². The van der Waals surface area contributed by atoms with Gasteiger partial charge >= 0.3 is 0 Å². The zero-order valence-corrected chi connectivity index (χ0v) is 8.48. The molecule has 0 aliphatic heterocycles. The molecule has 1 atom stereocenters. The smallest absolute Gasteiger partial charge is 0.0349 e. The van der Waals surface area contributed by atoms with Crippen molar-refractivity contribution in [3.8, 4) is 0 Å². The van der Waals surface area contributed by atoms with Gasteiger partial charge in [-0.2, -0.15) is 0 Å². The molecule has 0 aromatic carbocycles. The average Bonchev–Trinajstić information content (AvgIpc) is 1.83. The van der Waals surface area contributed by atoms with E-state index in [1.54, 1.807) is 0 Å². The van der Waals surface area contributed by atoms with E-state index in [-0.39, 0.29) is 0 Å². The van der Waals surface area contributed by atoms with Crippen LogP contribution in [0.15, 0.2) is 0 Å². The second-order valence-corrected chi connectivity index (χ2v) is 5.10. The Morgan fingerprint density at radius 2 is 1.91 bits per heavy atom. The maximum atomic E-state index is 2.42. The SMILES string of the molecule is CCCC(C)C1CC(C)(C)C1. The minimum absolute atomic E-state index is 0.673. The van der Waals surface area contributed by atoms with Gasteiger partial charge in [0, 0.05) is 0 Å². The average molecular weight is 154 g/mol. The molecular formula is C11H22. The molecule has 1 fully saturated rings. The van der Waals surface area contributed by atoms with Crippen molar-refractivity contribution in [1.29, 1.82) is 0 Å². The Hall–Kier alpha value is 0. The predicted octanol–water partition coefficient (Wildman–Crippen LogP) is 3.86. The molecule has 0 aromatic rings. The fraction of sp³-hybridized carbons (Fsp3) is 1.00. The van der Waals surface area contributed by atoms with Crippen LogP contribution in [0.25, 0.3) is 0 Å². The van der Waals surface area contributed by atoms with E-state index in [1.807, 2.05) is 0 Å². The summed E-state index contributed by atoms with van der Waals surface area (Å²) in [6.45, 7) is 9.49. The number of rotatable bonds is 3. The molecule has 0 spiro atoms. The van der Waals surface area contributed by atoms with Crippen molar-refractivity contribution in [1.82, 2.24) is 0 Å². The fourth-order valence-corrected chi connectivity index (χ4v) is 2.45. The summed E-state index contributed by atoms with van der Waals surface area (Å²) in [7, 11) is 0. The van der Waals surface area contributed by atoms with Gasteiger partial charge in [0.2, 0.25) is 0 Å². The molecule has 0 radical (unpaired) electrons. The number of hydrogen-bond donors (Lipinski definition) is 0. The first kappa shape index (κ1) is 9.09. The lowest BCUT2D eigenvalue weighted by Gasteiger charge is -2.45. The summed E-state index contributed by atoms with van der Waals surface area (Å²) in [5.74, 6) is 2.03. The largest absolute Gasteiger partial charge is 0.0654 e. The number of hydrogen-bond acceptors (Lipinski definition) is 0. The van der Waals surface area contributed by atoms with Crippen molar-refractivity contribution in [3.63, 3.8) is 0 Å². The highest BCUT2D eigenvalue weighted by atomic mass is 14.4. The topological polar surface area (TPSA) is 0 Å². The molecule has 0 N–H and O–H groups in total. The third-order valence-electron chi connectivity index (χ3n) is 3.18. The van der Waals surface area contributed by atoms with Crippen LogP contribution >= 0.6 is 0 Å². The van der Waals surface area contributed by atoms with Gasteiger partial charge in [-0.15, -0.1) is 0 Å². The van der Waals surface area contributed by atoms with Gasteiger partial charge in [0.25, 0.3) is 0 Å². The lowest BCUT2D eigenvalue weighted by molar-refractivity contribution is 0.0519. The van der Waals surface area contributed by atoms with E-state index in [0.29, 0.717) is 5.41 Å². The Bertz CT molecular complexity index is 116. The van der Waals surface area contributed by atoms with E-state index < -0.39 is 0 Å². The Kier molecular flexibility index (Phi) is 2.61. The van der Waals surface area contributed by atoms with Crippen molar-refractivity contribution >= 4 is 0 Å². The van der Waals surface area contributed by atoms with Crippen LogP contribution in [0.3, 0.4) is 0 Å². The molecule has 1 unspecified atom stereocenters. The maximum absolute atomic E-state index is 2.42. The summed E-state index contributed by atoms with van der Waals surface area (Å²) in [5, 5.41) is 0. The quantitative estimate of drug-likeness (QED) is 0.579. The molecule has 11 heavy (non-hydrogen) atoms. The van der Waals surface area contributed by atoms with Crippen LogP contribution in [0.2, 0.25) is 0 Å². The Labute approximate surface area is 71.4 Å². The van der Waals surface area contributed by atoms with Crippen molar-refractivity contribution in [2.24, 2.45) is 17.3 Å². The van der Waals surface area contributed by atoms with Crippen LogP contribution in [0, 0.1) is 17.3 Å². The zero-order chi connectivity index (χ0) is 8.48.